The van der Waals surface area contributed by atoms with Crippen LogP contribution in [0.15, 0.2) is 22.8 Å². The third-order valence-electron chi connectivity index (χ3n) is 1.55. The predicted octanol–water partition coefficient (Wildman–Crippen LogP) is 2.29. The van der Waals surface area contributed by atoms with Crippen LogP contribution in [0.1, 0.15) is 6.42 Å². The Hall–Kier alpha value is -0.610. The van der Waals surface area contributed by atoms with Crippen molar-refractivity contribution in [2.24, 2.45) is 0 Å². The van der Waals surface area contributed by atoms with Crippen LogP contribution in [-0.4, -0.2) is 25.2 Å². The molecule has 1 aromatic rings. The number of hydrogen-bond donors (Lipinski definition) is 1. The van der Waals surface area contributed by atoms with Gasteiger partial charge in [-0.2, -0.15) is 0 Å². The van der Waals surface area contributed by atoms with E-state index in [0.29, 0.717) is 0 Å². The van der Waals surface area contributed by atoms with Crippen molar-refractivity contribution in [3.63, 3.8) is 0 Å². The molecule has 1 heterocycles. The molecule has 0 radical (unpaired) electrons. The monoisotopic (exact) mass is 244 g/mol. The van der Waals surface area contributed by atoms with Crippen molar-refractivity contribution in [3.8, 4) is 0 Å². The highest BCUT2D eigenvalue weighted by molar-refractivity contribution is 9.10. The molecule has 0 saturated heterocycles. The molecule has 0 amide bonds. The van der Waals surface area contributed by atoms with Crippen LogP contribution in [0, 0.1) is 0 Å². The topological polar surface area (TPSA) is 34.1 Å². The van der Waals surface area contributed by atoms with Crippen molar-refractivity contribution in [1.82, 2.24) is 4.98 Å². The fraction of sp³-hybridized carbons (Fsp3) is 0.444. The average Bonchev–Trinajstić information content (AvgIpc) is 2.13. The van der Waals surface area contributed by atoms with Gasteiger partial charge in [0.05, 0.1) is 0 Å². The molecule has 0 aliphatic rings. The quantitative estimate of drug-likeness (QED) is 0.638. The lowest BCUT2D eigenvalue weighted by molar-refractivity contribution is 0.198. The van der Waals surface area contributed by atoms with E-state index in [9.17, 15) is 0 Å². The van der Waals surface area contributed by atoms with Crippen molar-refractivity contribution >= 4 is 21.7 Å². The van der Waals surface area contributed by atoms with Gasteiger partial charge in [-0.3, -0.25) is 0 Å². The summed E-state index contributed by atoms with van der Waals surface area (Å²) in [6.45, 7) is 1.66. The summed E-state index contributed by atoms with van der Waals surface area (Å²) >= 11 is 3.31. The molecule has 0 bridgehead atoms. The standard InChI is InChI=1S/C9H13BrN2O/c1-13-7-3-6-11-9-5-2-4-8(10)12-9/h2,4-5H,3,6-7H2,1H3,(H,11,12). The second kappa shape index (κ2) is 5.94. The molecule has 0 atom stereocenters. The van der Waals surface area contributed by atoms with E-state index < -0.39 is 0 Å². The highest BCUT2D eigenvalue weighted by atomic mass is 79.9. The molecule has 3 nitrogen and oxygen atoms in total. The number of ether oxygens (including phenoxy) is 1. The van der Waals surface area contributed by atoms with Crippen molar-refractivity contribution in [2.75, 3.05) is 25.6 Å². The number of halogens is 1. The van der Waals surface area contributed by atoms with Gasteiger partial charge in [0.2, 0.25) is 0 Å². The van der Waals surface area contributed by atoms with Crippen LogP contribution in [0.4, 0.5) is 5.82 Å². The first kappa shape index (κ1) is 10.5. The maximum atomic E-state index is 4.93. The molecule has 0 unspecified atom stereocenters. The van der Waals surface area contributed by atoms with Crippen LogP contribution in [0.2, 0.25) is 0 Å². The Labute approximate surface area is 86.6 Å². The summed E-state index contributed by atoms with van der Waals surface area (Å²) in [6, 6.07) is 5.80. The highest BCUT2D eigenvalue weighted by Crippen LogP contribution is 2.09. The van der Waals surface area contributed by atoms with Gasteiger partial charge in [0.25, 0.3) is 0 Å². The summed E-state index contributed by atoms with van der Waals surface area (Å²) in [5, 5.41) is 3.20. The van der Waals surface area contributed by atoms with Gasteiger partial charge >= 0.3 is 0 Å². The number of nitrogens with one attached hydrogen (secondary N) is 1. The number of nitrogens with zero attached hydrogens (tertiary/aromatic N) is 1. The van der Waals surface area contributed by atoms with E-state index in [1.165, 1.54) is 0 Å². The van der Waals surface area contributed by atoms with Gasteiger partial charge in [-0.1, -0.05) is 6.07 Å². The van der Waals surface area contributed by atoms with Crippen molar-refractivity contribution in [2.45, 2.75) is 6.42 Å². The van der Waals surface area contributed by atoms with Gasteiger partial charge in [-0.15, -0.1) is 0 Å². The van der Waals surface area contributed by atoms with E-state index in [0.717, 1.165) is 30.0 Å². The molecule has 0 saturated carbocycles. The Morgan fingerprint density at radius 1 is 1.54 bits per heavy atom. The van der Waals surface area contributed by atoms with E-state index in [1.807, 2.05) is 18.2 Å². The normalized spacial score (nSPS) is 10.0. The van der Waals surface area contributed by atoms with Gasteiger partial charge in [-0.05, 0) is 34.5 Å². The molecular weight excluding hydrogens is 232 g/mol. The summed E-state index contributed by atoms with van der Waals surface area (Å²) in [5.74, 6) is 0.894. The van der Waals surface area contributed by atoms with E-state index in [1.54, 1.807) is 7.11 Å². The Morgan fingerprint density at radius 3 is 3.08 bits per heavy atom. The number of hydrogen-bond acceptors (Lipinski definition) is 3. The Balaban J connectivity index is 2.28. The van der Waals surface area contributed by atoms with Crippen LogP contribution < -0.4 is 5.32 Å². The first-order chi connectivity index (χ1) is 6.33. The summed E-state index contributed by atoms with van der Waals surface area (Å²) in [7, 11) is 1.71. The molecule has 1 rings (SSSR count). The first-order valence-electron chi connectivity index (χ1n) is 4.18. The lowest BCUT2D eigenvalue weighted by Gasteiger charge is -2.04. The van der Waals surface area contributed by atoms with Crippen molar-refractivity contribution in [3.05, 3.63) is 22.8 Å². The molecule has 0 aliphatic heterocycles. The zero-order valence-electron chi connectivity index (χ0n) is 7.59. The summed E-state index contributed by atoms with van der Waals surface area (Å²) in [4.78, 5) is 4.24. The fourth-order valence-electron chi connectivity index (χ4n) is 0.940. The molecule has 1 aromatic heterocycles. The summed E-state index contributed by atoms with van der Waals surface area (Å²) < 4.78 is 5.78. The summed E-state index contributed by atoms with van der Waals surface area (Å²) in [5.41, 5.74) is 0. The largest absolute Gasteiger partial charge is 0.385 e. The van der Waals surface area contributed by atoms with Crippen molar-refractivity contribution < 1.29 is 4.74 Å². The molecule has 1 N–H and O–H groups in total. The average molecular weight is 245 g/mol. The van der Waals surface area contributed by atoms with Crippen LogP contribution in [-0.2, 0) is 4.74 Å². The number of methoxy groups -OCH3 is 1. The third-order valence-corrected chi connectivity index (χ3v) is 1.99. The predicted molar refractivity (Wildman–Crippen MR) is 56.9 cm³/mol. The molecule has 72 valence electrons. The van der Waals surface area contributed by atoms with Crippen LogP contribution in [0.3, 0.4) is 0 Å². The fourth-order valence-corrected chi connectivity index (χ4v) is 1.28. The summed E-state index contributed by atoms with van der Waals surface area (Å²) in [6.07, 6.45) is 0.991. The van der Waals surface area contributed by atoms with Gasteiger partial charge in [-0.25, -0.2) is 4.98 Å². The van der Waals surface area contributed by atoms with E-state index >= 15 is 0 Å². The Kier molecular flexibility index (Phi) is 4.78. The zero-order chi connectivity index (χ0) is 9.52. The van der Waals surface area contributed by atoms with Crippen LogP contribution >= 0.6 is 15.9 Å². The third kappa shape index (κ3) is 4.24. The molecule has 0 aliphatic carbocycles. The molecule has 0 spiro atoms. The molecule has 4 heteroatoms. The van der Waals surface area contributed by atoms with E-state index in [-0.39, 0.29) is 0 Å². The lowest BCUT2D eigenvalue weighted by atomic mass is 10.4. The Bertz CT molecular complexity index is 255. The number of pyridine rings is 1. The van der Waals surface area contributed by atoms with Crippen molar-refractivity contribution in [1.29, 1.82) is 0 Å². The number of rotatable bonds is 5. The number of aromatic nitrogens is 1. The van der Waals surface area contributed by atoms with E-state index in [4.69, 9.17) is 4.74 Å². The molecule has 0 aromatic carbocycles. The van der Waals surface area contributed by atoms with E-state index in [2.05, 4.69) is 26.2 Å². The maximum Gasteiger partial charge on any atom is 0.127 e. The molecule has 0 fully saturated rings. The van der Waals surface area contributed by atoms with Gasteiger partial charge in [0.15, 0.2) is 0 Å². The zero-order valence-corrected chi connectivity index (χ0v) is 9.17. The molecular formula is C9H13BrN2O. The highest BCUT2D eigenvalue weighted by Gasteiger charge is 1.93. The lowest BCUT2D eigenvalue weighted by Crippen LogP contribution is -2.05. The SMILES string of the molecule is COCCCNc1cccc(Br)n1. The minimum atomic E-state index is 0.779. The Morgan fingerprint density at radius 2 is 2.38 bits per heavy atom. The number of anilines is 1. The molecule has 13 heavy (non-hydrogen) atoms. The minimum Gasteiger partial charge on any atom is -0.385 e. The second-order valence-electron chi connectivity index (χ2n) is 2.62. The van der Waals surface area contributed by atoms with Crippen LogP contribution in [0.5, 0.6) is 0 Å². The minimum absolute atomic E-state index is 0.779. The second-order valence-corrected chi connectivity index (χ2v) is 3.43. The van der Waals surface area contributed by atoms with Gasteiger partial charge < -0.3 is 10.1 Å². The van der Waals surface area contributed by atoms with Gasteiger partial charge in [0.1, 0.15) is 10.4 Å². The maximum absolute atomic E-state index is 4.93. The van der Waals surface area contributed by atoms with Crippen LogP contribution in [0.25, 0.3) is 0 Å². The van der Waals surface area contributed by atoms with Gasteiger partial charge in [0, 0.05) is 20.3 Å². The first-order valence-corrected chi connectivity index (χ1v) is 4.97. The smallest absolute Gasteiger partial charge is 0.127 e.